The fourth-order valence-corrected chi connectivity index (χ4v) is 4.05. The largest absolute Gasteiger partial charge is 0.357 e. The van der Waals surface area contributed by atoms with Crippen LogP contribution in [0.5, 0.6) is 0 Å². The molecule has 2 aliphatic rings. The zero-order valence-electron chi connectivity index (χ0n) is 16.7. The molecule has 1 amide bonds. The van der Waals surface area contributed by atoms with E-state index in [1.807, 2.05) is 12.4 Å². The topological polar surface area (TPSA) is 74.6 Å². The van der Waals surface area contributed by atoms with Crippen LogP contribution < -0.4 is 10.6 Å². The maximum atomic E-state index is 11.7. The number of nitrogens with one attached hydrogen (secondary N) is 2. The van der Waals surface area contributed by atoms with E-state index >= 15 is 0 Å². The summed E-state index contributed by atoms with van der Waals surface area (Å²) < 4.78 is 2.19. The second-order valence-corrected chi connectivity index (χ2v) is 8.04. The molecule has 3 heterocycles. The number of nitrogens with zero attached hydrogens (tertiary/aromatic N) is 4. The molecule has 2 fully saturated rings. The highest BCUT2D eigenvalue weighted by Gasteiger charge is 2.42. The highest BCUT2D eigenvalue weighted by Crippen LogP contribution is 2.36. The summed E-state index contributed by atoms with van der Waals surface area (Å²) in [7, 11) is 0. The summed E-state index contributed by atoms with van der Waals surface area (Å²) in [5, 5.41) is 6.44. The minimum atomic E-state index is 0. The Balaban J connectivity index is 0.00000261. The molecule has 0 aromatic carbocycles. The predicted molar refractivity (Wildman–Crippen MR) is 118 cm³/mol. The summed E-state index contributed by atoms with van der Waals surface area (Å²) >= 11 is 0. The van der Waals surface area contributed by atoms with Crippen LogP contribution in [0.25, 0.3) is 0 Å². The van der Waals surface area contributed by atoms with Crippen molar-refractivity contribution in [2.24, 2.45) is 16.3 Å². The average Bonchev–Trinajstić information content (AvgIpc) is 3.18. The van der Waals surface area contributed by atoms with Crippen LogP contribution in [0.4, 0.5) is 0 Å². The molecule has 2 N–H and O–H groups in total. The number of piperidine rings is 1. The number of halogens is 1. The third kappa shape index (κ3) is 5.58. The fourth-order valence-electron chi connectivity index (χ4n) is 4.05. The van der Waals surface area contributed by atoms with Crippen LogP contribution in [0.2, 0.25) is 0 Å². The molecule has 2 saturated heterocycles. The van der Waals surface area contributed by atoms with E-state index in [0.717, 1.165) is 57.3 Å². The van der Waals surface area contributed by atoms with Crippen LogP contribution in [0, 0.1) is 11.3 Å². The summed E-state index contributed by atoms with van der Waals surface area (Å²) in [6, 6.07) is 0. The first kappa shape index (κ1) is 22.0. The van der Waals surface area contributed by atoms with Crippen molar-refractivity contribution in [3.63, 3.8) is 0 Å². The van der Waals surface area contributed by atoms with Gasteiger partial charge in [-0.3, -0.25) is 4.79 Å². The SMILES string of the molecule is CCNC(=NCc1nccn1CC(C)C)N1CCCC2(CNC(=O)C2)C1.I. The van der Waals surface area contributed by atoms with Crippen molar-refractivity contribution >= 4 is 35.8 Å². The molecule has 8 heteroatoms. The first-order valence-corrected chi connectivity index (χ1v) is 9.81. The van der Waals surface area contributed by atoms with Gasteiger partial charge in [-0.25, -0.2) is 9.98 Å². The van der Waals surface area contributed by atoms with Crippen LogP contribution >= 0.6 is 24.0 Å². The maximum absolute atomic E-state index is 11.7. The van der Waals surface area contributed by atoms with E-state index in [4.69, 9.17) is 4.99 Å². The van der Waals surface area contributed by atoms with Crippen molar-refractivity contribution in [2.75, 3.05) is 26.2 Å². The highest BCUT2D eigenvalue weighted by atomic mass is 127. The number of amides is 1. The summed E-state index contributed by atoms with van der Waals surface area (Å²) in [6.07, 6.45) is 6.73. The van der Waals surface area contributed by atoms with E-state index in [2.05, 4.69) is 45.9 Å². The Kier molecular flexibility index (Phi) is 7.93. The summed E-state index contributed by atoms with van der Waals surface area (Å²) in [5.41, 5.74) is 0.0711. The van der Waals surface area contributed by atoms with Crippen LogP contribution in [-0.2, 0) is 17.9 Å². The van der Waals surface area contributed by atoms with Gasteiger partial charge in [-0.15, -0.1) is 24.0 Å². The van der Waals surface area contributed by atoms with E-state index in [0.29, 0.717) is 18.9 Å². The predicted octanol–water partition coefficient (Wildman–Crippen LogP) is 2.22. The van der Waals surface area contributed by atoms with E-state index in [1.165, 1.54) is 0 Å². The van der Waals surface area contributed by atoms with Gasteiger partial charge in [-0.2, -0.15) is 0 Å². The van der Waals surface area contributed by atoms with Crippen molar-refractivity contribution in [3.8, 4) is 0 Å². The molecule has 0 aliphatic carbocycles. The zero-order chi connectivity index (χ0) is 18.6. The quantitative estimate of drug-likeness (QED) is 0.379. The number of aliphatic imine (C=N–C) groups is 1. The molecule has 2 aliphatic heterocycles. The van der Waals surface area contributed by atoms with Gasteiger partial charge < -0.3 is 20.1 Å². The van der Waals surface area contributed by atoms with Crippen LogP contribution in [0.15, 0.2) is 17.4 Å². The Morgan fingerprint density at radius 3 is 2.96 bits per heavy atom. The monoisotopic (exact) mass is 488 g/mol. The Morgan fingerprint density at radius 1 is 1.48 bits per heavy atom. The lowest BCUT2D eigenvalue weighted by atomic mass is 9.79. The summed E-state index contributed by atoms with van der Waals surface area (Å²) in [4.78, 5) is 23.4. The Morgan fingerprint density at radius 2 is 2.30 bits per heavy atom. The third-order valence-corrected chi connectivity index (χ3v) is 5.23. The van der Waals surface area contributed by atoms with E-state index in [1.54, 1.807) is 0 Å². The van der Waals surface area contributed by atoms with Crippen LogP contribution in [-0.4, -0.2) is 52.5 Å². The number of aromatic nitrogens is 2. The smallest absolute Gasteiger partial charge is 0.220 e. The lowest BCUT2D eigenvalue weighted by Gasteiger charge is -2.40. The van der Waals surface area contributed by atoms with Crippen LogP contribution in [0.1, 0.15) is 45.9 Å². The molecule has 1 unspecified atom stereocenters. The van der Waals surface area contributed by atoms with E-state index < -0.39 is 0 Å². The molecule has 1 atom stereocenters. The molecule has 7 nitrogen and oxygen atoms in total. The normalized spacial score (nSPS) is 22.9. The second kappa shape index (κ2) is 9.75. The highest BCUT2D eigenvalue weighted by molar-refractivity contribution is 14.0. The van der Waals surface area contributed by atoms with Gasteiger partial charge in [0, 0.05) is 57.0 Å². The number of carbonyl (C=O) groups excluding carboxylic acids is 1. The standard InChI is InChI=1S/C19H32N6O.HI/c1-4-20-18(22-11-16-21-7-9-24(16)12-15(2)3)25-8-5-6-19(14-25)10-17(26)23-13-19;/h7,9,15H,4-6,8,10-14H2,1-3H3,(H,20,22)(H,23,26);1H. The third-order valence-electron chi connectivity index (χ3n) is 5.23. The van der Waals surface area contributed by atoms with Crippen molar-refractivity contribution in [2.45, 2.75) is 53.1 Å². The molecule has 3 rings (SSSR count). The van der Waals surface area contributed by atoms with Gasteiger partial charge >= 0.3 is 0 Å². The molecule has 0 saturated carbocycles. The number of carbonyl (C=O) groups is 1. The number of hydrogen-bond acceptors (Lipinski definition) is 3. The number of hydrogen-bond donors (Lipinski definition) is 2. The lowest BCUT2D eigenvalue weighted by molar-refractivity contribution is -0.119. The minimum absolute atomic E-state index is 0. The summed E-state index contributed by atoms with van der Waals surface area (Å²) in [6.45, 7) is 11.5. The van der Waals surface area contributed by atoms with Gasteiger partial charge in [-0.05, 0) is 25.7 Å². The van der Waals surface area contributed by atoms with Gasteiger partial charge in [0.25, 0.3) is 0 Å². The molecule has 152 valence electrons. The molecular weight excluding hydrogens is 455 g/mol. The van der Waals surface area contributed by atoms with Gasteiger partial charge in [0.15, 0.2) is 5.96 Å². The average molecular weight is 488 g/mol. The fraction of sp³-hybridized carbons (Fsp3) is 0.737. The molecule has 1 spiro atoms. The Bertz CT molecular complexity index is 658. The Labute approximate surface area is 179 Å². The van der Waals surface area contributed by atoms with E-state index in [9.17, 15) is 4.79 Å². The van der Waals surface area contributed by atoms with Gasteiger partial charge in [0.2, 0.25) is 5.91 Å². The summed E-state index contributed by atoms with van der Waals surface area (Å²) in [5.74, 6) is 2.70. The number of rotatable bonds is 5. The van der Waals surface area contributed by atoms with E-state index in [-0.39, 0.29) is 35.3 Å². The van der Waals surface area contributed by atoms with Crippen molar-refractivity contribution < 1.29 is 4.79 Å². The zero-order valence-corrected chi connectivity index (χ0v) is 19.0. The van der Waals surface area contributed by atoms with Crippen LogP contribution in [0.3, 0.4) is 0 Å². The van der Waals surface area contributed by atoms with Crippen molar-refractivity contribution in [1.29, 1.82) is 0 Å². The van der Waals surface area contributed by atoms with Crippen molar-refractivity contribution in [3.05, 3.63) is 18.2 Å². The number of guanidine groups is 1. The van der Waals surface area contributed by atoms with Gasteiger partial charge in [-0.1, -0.05) is 13.8 Å². The molecule has 27 heavy (non-hydrogen) atoms. The maximum Gasteiger partial charge on any atom is 0.220 e. The molecule has 1 aromatic rings. The minimum Gasteiger partial charge on any atom is -0.357 e. The van der Waals surface area contributed by atoms with Crippen molar-refractivity contribution in [1.82, 2.24) is 25.1 Å². The molecule has 0 radical (unpaired) electrons. The van der Waals surface area contributed by atoms with Gasteiger partial charge in [0.1, 0.15) is 12.4 Å². The van der Waals surface area contributed by atoms with Gasteiger partial charge in [0.05, 0.1) is 0 Å². The first-order valence-electron chi connectivity index (χ1n) is 9.81. The number of imidazole rings is 1. The number of likely N-dealkylation sites (tertiary alicyclic amines) is 1. The first-order chi connectivity index (χ1) is 12.5. The molecule has 1 aromatic heterocycles. The second-order valence-electron chi connectivity index (χ2n) is 8.04. The molecular formula is C19H33IN6O. The Hall–Kier alpha value is -1.32. The lowest BCUT2D eigenvalue weighted by Crippen LogP contribution is -2.51. The molecule has 0 bridgehead atoms.